The van der Waals surface area contributed by atoms with Gasteiger partial charge in [0.2, 0.25) is 0 Å². The van der Waals surface area contributed by atoms with Crippen LogP contribution in [0.5, 0.6) is 0 Å². The number of hydrogen-bond acceptors (Lipinski definition) is 4. The van der Waals surface area contributed by atoms with E-state index < -0.39 is 0 Å². The molecular formula is C13H13BrN2O2. The van der Waals surface area contributed by atoms with Crippen molar-refractivity contribution in [3.05, 3.63) is 47.0 Å². The van der Waals surface area contributed by atoms with Crippen LogP contribution in [0.3, 0.4) is 0 Å². The SMILES string of the molecule is Brc1ccc(N2CCOC(c3ccco3)C2)nc1. The van der Waals surface area contributed by atoms with E-state index in [0.717, 1.165) is 29.1 Å². The predicted octanol–water partition coefficient (Wildman–Crippen LogP) is 3.02. The highest BCUT2D eigenvalue weighted by Gasteiger charge is 2.24. The van der Waals surface area contributed by atoms with Crippen molar-refractivity contribution in [2.45, 2.75) is 6.10 Å². The maximum absolute atomic E-state index is 5.73. The number of morpholine rings is 1. The molecule has 0 radical (unpaired) electrons. The summed E-state index contributed by atoms with van der Waals surface area (Å²) < 4.78 is 12.1. The molecular weight excluding hydrogens is 296 g/mol. The third-order valence-electron chi connectivity index (χ3n) is 2.96. The second-order valence-corrected chi connectivity index (χ2v) is 5.07. The van der Waals surface area contributed by atoms with E-state index in [2.05, 4.69) is 25.8 Å². The summed E-state index contributed by atoms with van der Waals surface area (Å²) in [6.07, 6.45) is 3.47. The number of halogens is 1. The molecule has 1 unspecified atom stereocenters. The molecule has 2 aromatic heterocycles. The smallest absolute Gasteiger partial charge is 0.134 e. The highest BCUT2D eigenvalue weighted by Crippen LogP contribution is 2.25. The Morgan fingerprint density at radius 3 is 3.00 bits per heavy atom. The summed E-state index contributed by atoms with van der Waals surface area (Å²) in [7, 11) is 0. The molecule has 5 heteroatoms. The number of ether oxygens (including phenoxy) is 1. The molecule has 1 saturated heterocycles. The molecule has 4 nitrogen and oxygen atoms in total. The van der Waals surface area contributed by atoms with Crippen molar-refractivity contribution >= 4 is 21.7 Å². The molecule has 1 fully saturated rings. The first-order valence-corrected chi connectivity index (χ1v) is 6.64. The van der Waals surface area contributed by atoms with Gasteiger partial charge in [-0.2, -0.15) is 0 Å². The average Bonchev–Trinajstić information content (AvgIpc) is 2.94. The van der Waals surface area contributed by atoms with Gasteiger partial charge < -0.3 is 14.1 Å². The number of aromatic nitrogens is 1. The van der Waals surface area contributed by atoms with Crippen LogP contribution in [0.2, 0.25) is 0 Å². The summed E-state index contributed by atoms with van der Waals surface area (Å²) in [6, 6.07) is 7.84. The van der Waals surface area contributed by atoms with Gasteiger partial charge in [0.15, 0.2) is 0 Å². The van der Waals surface area contributed by atoms with E-state index in [9.17, 15) is 0 Å². The monoisotopic (exact) mass is 308 g/mol. The predicted molar refractivity (Wildman–Crippen MR) is 71.6 cm³/mol. The Hall–Kier alpha value is -1.33. The Morgan fingerprint density at radius 2 is 2.28 bits per heavy atom. The van der Waals surface area contributed by atoms with E-state index in [-0.39, 0.29) is 6.10 Å². The normalized spacial score (nSPS) is 20.1. The highest BCUT2D eigenvalue weighted by atomic mass is 79.9. The van der Waals surface area contributed by atoms with E-state index >= 15 is 0 Å². The number of rotatable bonds is 2. The van der Waals surface area contributed by atoms with Crippen molar-refractivity contribution in [2.24, 2.45) is 0 Å². The van der Waals surface area contributed by atoms with Crippen LogP contribution in [-0.4, -0.2) is 24.7 Å². The fraction of sp³-hybridized carbons (Fsp3) is 0.308. The third-order valence-corrected chi connectivity index (χ3v) is 3.43. The first-order chi connectivity index (χ1) is 8.83. The highest BCUT2D eigenvalue weighted by molar-refractivity contribution is 9.10. The third kappa shape index (κ3) is 2.42. The number of nitrogens with zero attached hydrogens (tertiary/aromatic N) is 2. The van der Waals surface area contributed by atoms with Gasteiger partial charge in [0, 0.05) is 17.2 Å². The molecule has 0 saturated carbocycles. The summed E-state index contributed by atoms with van der Waals surface area (Å²) >= 11 is 3.39. The molecule has 18 heavy (non-hydrogen) atoms. The minimum Gasteiger partial charge on any atom is -0.467 e. The number of hydrogen-bond donors (Lipinski definition) is 0. The Bertz CT molecular complexity index is 498. The molecule has 3 rings (SSSR count). The molecule has 1 aliphatic heterocycles. The maximum Gasteiger partial charge on any atom is 0.134 e. The summed E-state index contributed by atoms with van der Waals surface area (Å²) in [4.78, 5) is 6.62. The Morgan fingerprint density at radius 1 is 1.33 bits per heavy atom. The lowest BCUT2D eigenvalue weighted by Crippen LogP contribution is -2.38. The molecule has 0 N–H and O–H groups in total. The lowest BCUT2D eigenvalue weighted by Gasteiger charge is -2.32. The van der Waals surface area contributed by atoms with Crippen LogP contribution < -0.4 is 4.90 Å². The first kappa shape index (κ1) is 11.7. The van der Waals surface area contributed by atoms with Gasteiger partial charge in [-0.05, 0) is 40.2 Å². The fourth-order valence-corrected chi connectivity index (χ4v) is 2.29. The van der Waals surface area contributed by atoms with Crippen molar-refractivity contribution in [3.63, 3.8) is 0 Å². The van der Waals surface area contributed by atoms with Gasteiger partial charge in [-0.15, -0.1) is 0 Å². The fourth-order valence-electron chi connectivity index (χ4n) is 2.06. The van der Waals surface area contributed by atoms with Gasteiger partial charge in [0.05, 0.1) is 19.4 Å². The zero-order chi connectivity index (χ0) is 12.4. The lowest BCUT2D eigenvalue weighted by molar-refractivity contribution is 0.0255. The molecule has 0 spiro atoms. The summed E-state index contributed by atoms with van der Waals surface area (Å²) in [6.45, 7) is 2.30. The van der Waals surface area contributed by atoms with Crippen LogP contribution in [0.1, 0.15) is 11.9 Å². The van der Waals surface area contributed by atoms with Crippen LogP contribution in [-0.2, 0) is 4.74 Å². The van der Waals surface area contributed by atoms with E-state index in [0.29, 0.717) is 6.61 Å². The number of anilines is 1. The zero-order valence-corrected chi connectivity index (χ0v) is 11.3. The quantitative estimate of drug-likeness (QED) is 0.855. The van der Waals surface area contributed by atoms with Gasteiger partial charge >= 0.3 is 0 Å². The van der Waals surface area contributed by atoms with Crippen molar-refractivity contribution in [1.29, 1.82) is 0 Å². The van der Waals surface area contributed by atoms with Crippen molar-refractivity contribution < 1.29 is 9.15 Å². The van der Waals surface area contributed by atoms with Crippen LogP contribution in [0.25, 0.3) is 0 Å². The Labute approximate surface area is 114 Å². The largest absolute Gasteiger partial charge is 0.467 e. The average molecular weight is 309 g/mol. The molecule has 0 amide bonds. The lowest BCUT2D eigenvalue weighted by atomic mass is 10.2. The van der Waals surface area contributed by atoms with Crippen LogP contribution in [0, 0.1) is 0 Å². The number of pyridine rings is 1. The van der Waals surface area contributed by atoms with Gasteiger partial charge in [-0.3, -0.25) is 0 Å². The summed E-state index contributed by atoms with van der Waals surface area (Å²) in [5.74, 6) is 1.84. The Kier molecular flexibility index (Phi) is 3.34. The topological polar surface area (TPSA) is 38.5 Å². The molecule has 94 valence electrons. The molecule has 1 aliphatic rings. The van der Waals surface area contributed by atoms with Crippen LogP contribution >= 0.6 is 15.9 Å². The summed E-state index contributed by atoms with van der Waals surface area (Å²) in [5.41, 5.74) is 0. The van der Waals surface area contributed by atoms with Crippen molar-refractivity contribution in [1.82, 2.24) is 4.98 Å². The van der Waals surface area contributed by atoms with Gasteiger partial charge in [-0.25, -0.2) is 4.98 Å². The zero-order valence-electron chi connectivity index (χ0n) is 9.75. The van der Waals surface area contributed by atoms with E-state index in [4.69, 9.17) is 9.15 Å². The van der Waals surface area contributed by atoms with Crippen LogP contribution in [0.4, 0.5) is 5.82 Å². The van der Waals surface area contributed by atoms with Gasteiger partial charge in [0.1, 0.15) is 17.7 Å². The molecule has 0 aliphatic carbocycles. The second kappa shape index (κ2) is 5.12. The molecule has 0 aromatic carbocycles. The minimum atomic E-state index is -0.0146. The van der Waals surface area contributed by atoms with Crippen LogP contribution in [0.15, 0.2) is 45.6 Å². The van der Waals surface area contributed by atoms with E-state index in [1.165, 1.54) is 0 Å². The first-order valence-electron chi connectivity index (χ1n) is 5.84. The van der Waals surface area contributed by atoms with E-state index in [1.807, 2.05) is 30.5 Å². The molecule has 2 aromatic rings. The van der Waals surface area contributed by atoms with Crippen molar-refractivity contribution in [2.75, 3.05) is 24.6 Å². The minimum absolute atomic E-state index is 0.0146. The molecule has 0 bridgehead atoms. The van der Waals surface area contributed by atoms with E-state index in [1.54, 1.807) is 6.26 Å². The number of furan rings is 1. The second-order valence-electron chi connectivity index (χ2n) is 4.16. The molecule has 1 atom stereocenters. The molecule has 3 heterocycles. The van der Waals surface area contributed by atoms with Gasteiger partial charge in [0.25, 0.3) is 0 Å². The Balaban J connectivity index is 1.76. The summed E-state index contributed by atoms with van der Waals surface area (Å²) in [5, 5.41) is 0. The van der Waals surface area contributed by atoms with Gasteiger partial charge in [-0.1, -0.05) is 0 Å². The standard InChI is InChI=1S/C13H13BrN2O2/c14-10-3-4-13(15-8-10)16-5-7-18-12(9-16)11-2-1-6-17-11/h1-4,6,8,12H,5,7,9H2. The maximum atomic E-state index is 5.73. The van der Waals surface area contributed by atoms with Crippen molar-refractivity contribution in [3.8, 4) is 0 Å².